The summed E-state index contributed by atoms with van der Waals surface area (Å²) in [5, 5.41) is 16.0. The van der Waals surface area contributed by atoms with E-state index in [1.54, 1.807) is 19.2 Å². The molecule has 12 heteroatoms. The van der Waals surface area contributed by atoms with Gasteiger partial charge in [0.05, 0.1) is 36.8 Å². The van der Waals surface area contributed by atoms with Crippen molar-refractivity contribution in [2.45, 2.75) is 64.0 Å². The number of hydrazine groups is 1. The van der Waals surface area contributed by atoms with E-state index in [2.05, 4.69) is 10.7 Å². The number of hydrogen-bond donors (Lipinski definition) is 3. The van der Waals surface area contributed by atoms with E-state index >= 15 is 0 Å². The van der Waals surface area contributed by atoms with E-state index in [4.69, 9.17) is 9.47 Å². The first kappa shape index (κ1) is 35.4. The van der Waals surface area contributed by atoms with Crippen LogP contribution in [0.5, 0.6) is 5.75 Å². The number of methoxy groups -OCH3 is 1. The Kier molecular flexibility index (Phi) is 13.6. The molecule has 0 saturated heterocycles. The Bertz CT molecular complexity index is 1320. The summed E-state index contributed by atoms with van der Waals surface area (Å²) in [4.78, 5) is 26.7. The average Bonchev–Trinajstić information content (AvgIpc) is 3.45. The highest BCUT2D eigenvalue weighted by atomic mass is 32.2. The number of nitrogens with one attached hydrogen (secondary N) is 2. The number of amides is 2. The second kappa shape index (κ2) is 16.9. The lowest BCUT2D eigenvalue weighted by molar-refractivity contribution is -0.148. The highest BCUT2D eigenvalue weighted by Gasteiger charge is 2.36. The van der Waals surface area contributed by atoms with Gasteiger partial charge in [-0.05, 0) is 47.6 Å². The lowest BCUT2D eigenvalue weighted by Crippen LogP contribution is -2.60. The van der Waals surface area contributed by atoms with Crippen LogP contribution in [0, 0.1) is 11.8 Å². The fourth-order valence-electron chi connectivity index (χ4n) is 5.06. The first-order chi connectivity index (χ1) is 20.9. The summed E-state index contributed by atoms with van der Waals surface area (Å²) in [6.07, 6.45) is -0.396. The first-order valence-electron chi connectivity index (χ1n) is 15.2. The number of hydrogen-bond acceptors (Lipinski definition) is 8. The SMILES string of the molecule is COCCNCC(=O)NN(C(=O)CC(C)C)[C@@H](Cc1ccccc1)[C@H](O)CN(CC(C)C)S(=O)(=O)c1ccc2c(c1)CCO2. The molecule has 3 N–H and O–H groups in total. The molecule has 0 aromatic heterocycles. The van der Waals surface area contributed by atoms with Gasteiger partial charge in [-0.1, -0.05) is 58.0 Å². The van der Waals surface area contributed by atoms with Gasteiger partial charge in [0.25, 0.3) is 5.91 Å². The van der Waals surface area contributed by atoms with Crippen molar-refractivity contribution in [2.75, 3.05) is 46.5 Å². The van der Waals surface area contributed by atoms with Crippen LogP contribution in [0.25, 0.3) is 0 Å². The number of carbonyl (C=O) groups excluding carboxylic acids is 2. The molecule has 2 aromatic rings. The van der Waals surface area contributed by atoms with Crippen LogP contribution >= 0.6 is 0 Å². The number of carbonyl (C=O) groups is 2. The lowest BCUT2D eigenvalue weighted by Gasteiger charge is -2.37. The molecule has 2 amide bonds. The first-order valence-corrected chi connectivity index (χ1v) is 16.6. The topological polar surface area (TPSA) is 138 Å². The maximum absolute atomic E-state index is 14.0. The van der Waals surface area contributed by atoms with E-state index in [1.807, 2.05) is 58.0 Å². The molecule has 0 spiro atoms. The van der Waals surface area contributed by atoms with E-state index in [1.165, 1.54) is 15.4 Å². The third kappa shape index (κ3) is 10.3. The predicted octanol–water partition coefficient (Wildman–Crippen LogP) is 2.38. The monoisotopic (exact) mass is 632 g/mol. The summed E-state index contributed by atoms with van der Waals surface area (Å²) in [7, 11) is -2.46. The van der Waals surface area contributed by atoms with Crippen molar-refractivity contribution in [1.82, 2.24) is 20.1 Å². The Morgan fingerprint density at radius 1 is 1.05 bits per heavy atom. The molecule has 0 radical (unpaired) electrons. The summed E-state index contributed by atoms with van der Waals surface area (Å²) < 4.78 is 39.8. The number of fused-ring (bicyclic) bond motifs is 1. The molecule has 1 heterocycles. The second-order valence-electron chi connectivity index (χ2n) is 12.0. The maximum atomic E-state index is 14.0. The van der Waals surface area contributed by atoms with Gasteiger partial charge in [0.15, 0.2) is 0 Å². The standard InChI is InChI=1S/C32H48N4O7S/c1-23(2)17-32(39)36(34-31(38)20-33-14-16-42-5)28(18-25-9-7-6-8-10-25)29(37)22-35(21-24(3)4)44(40,41)27-11-12-30-26(19-27)13-15-43-30/h6-12,19,23-24,28-29,33,37H,13-18,20-22H2,1-5H3,(H,34,38)/t28-,29+/m0/s1. The molecule has 0 aliphatic carbocycles. The van der Waals surface area contributed by atoms with Gasteiger partial charge in [0.1, 0.15) is 5.75 Å². The van der Waals surface area contributed by atoms with Gasteiger partial charge < -0.3 is 19.9 Å². The number of benzene rings is 2. The van der Waals surface area contributed by atoms with Crippen LogP contribution in [0.4, 0.5) is 0 Å². The van der Waals surface area contributed by atoms with Crippen LogP contribution in [0.15, 0.2) is 53.4 Å². The molecule has 2 atom stereocenters. The zero-order chi connectivity index (χ0) is 32.3. The van der Waals surface area contributed by atoms with E-state index in [0.29, 0.717) is 31.9 Å². The third-order valence-corrected chi connectivity index (χ3v) is 9.01. The Labute approximate surface area is 261 Å². The zero-order valence-corrected chi connectivity index (χ0v) is 27.3. The van der Waals surface area contributed by atoms with E-state index < -0.39 is 28.1 Å². The van der Waals surface area contributed by atoms with Crippen LogP contribution in [-0.2, 0) is 37.2 Å². The van der Waals surface area contributed by atoms with Crippen molar-refractivity contribution >= 4 is 21.8 Å². The molecular weight excluding hydrogens is 584 g/mol. The molecule has 2 aromatic carbocycles. The number of sulfonamides is 1. The van der Waals surface area contributed by atoms with Crippen molar-refractivity contribution in [3.63, 3.8) is 0 Å². The Morgan fingerprint density at radius 3 is 2.43 bits per heavy atom. The third-order valence-electron chi connectivity index (χ3n) is 7.19. The number of ether oxygens (including phenoxy) is 2. The maximum Gasteiger partial charge on any atom is 0.252 e. The van der Waals surface area contributed by atoms with E-state index in [0.717, 1.165) is 11.1 Å². The van der Waals surface area contributed by atoms with Gasteiger partial charge in [-0.25, -0.2) is 13.4 Å². The Balaban J connectivity index is 1.96. The second-order valence-corrected chi connectivity index (χ2v) is 13.9. The number of nitrogens with zero attached hydrogens (tertiary/aromatic N) is 2. The van der Waals surface area contributed by atoms with E-state index in [-0.39, 0.29) is 55.1 Å². The molecule has 1 aliphatic heterocycles. The summed E-state index contributed by atoms with van der Waals surface area (Å²) in [5.41, 5.74) is 4.36. The van der Waals surface area contributed by atoms with Crippen molar-refractivity contribution in [3.8, 4) is 5.75 Å². The fourth-order valence-corrected chi connectivity index (χ4v) is 6.74. The van der Waals surface area contributed by atoms with Crippen LogP contribution < -0.4 is 15.5 Å². The summed E-state index contributed by atoms with van der Waals surface area (Å²) >= 11 is 0. The van der Waals surface area contributed by atoms with Crippen molar-refractivity contribution in [1.29, 1.82) is 0 Å². The quantitative estimate of drug-likeness (QED) is 0.179. The Morgan fingerprint density at radius 2 is 1.77 bits per heavy atom. The van der Waals surface area contributed by atoms with Crippen LogP contribution in [0.2, 0.25) is 0 Å². The lowest BCUT2D eigenvalue weighted by atomic mass is 9.99. The molecule has 1 aliphatic rings. The predicted molar refractivity (Wildman–Crippen MR) is 168 cm³/mol. The zero-order valence-electron chi connectivity index (χ0n) is 26.5. The number of rotatable bonds is 17. The van der Waals surface area contributed by atoms with Gasteiger partial charge in [-0.3, -0.25) is 15.0 Å². The largest absolute Gasteiger partial charge is 0.493 e. The molecular formula is C32H48N4O7S. The molecule has 44 heavy (non-hydrogen) atoms. The van der Waals surface area contributed by atoms with Gasteiger partial charge in [-0.15, -0.1) is 0 Å². The van der Waals surface area contributed by atoms with Crippen molar-refractivity contribution < 1.29 is 32.6 Å². The van der Waals surface area contributed by atoms with Gasteiger partial charge >= 0.3 is 0 Å². The van der Waals surface area contributed by atoms with Crippen LogP contribution in [0.1, 0.15) is 45.2 Å². The van der Waals surface area contributed by atoms with Gasteiger partial charge in [-0.2, -0.15) is 4.31 Å². The number of aliphatic hydroxyl groups is 1. The normalized spacial score (nSPS) is 14.4. The summed E-state index contributed by atoms with van der Waals surface area (Å²) in [6.45, 7) is 8.76. The molecule has 244 valence electrons. The van der Waals surface area contributed by atoms with Crippen molar-refractivity contribution in [3.05, 3.63) is 59.7 Å². The minimum absolute atomic E-state index is 0.0159. The minimum Gasteiger partial charge on any atom is -0.493 e. The molecule has 0 saturated carbocycles. The summed E-state index contributed by atoms with van der Waals surface area (Å²) in [5.74, 6) is -0.219. The molecule has 11 nitrogen and oxygen atoms in total. The van der Waals surface area contributed by atoms with Crippen LogP contribution in [-0.4, -0.2) is 93.3 Å². The van der Waals surface area contributed by atoms with Crippen LogP contribution in [0.3, 0.4) is 0 Å². The van der Waals surface area contributed by atoms with E-state index in [9.17, 15) is 23.1 Å². The minimum atomic E-state index is -4.02. The average molecular weight is 633 g/mol. The highest BCUT2D eigenvalue weighted by Crippen LogP contribution is 2.29. The van der Waals surface area contributed by atoms with Gasteiger partial charge in [0, 0.05) is 39.6 Å². The van der Waals surface area contributed by atoms with Crippen molar-refractivity contribution in [2.24, 2.45) is 11.8 Å². The summed E-state index contributed by atoms with van der Waals surface area (Å²) in [6, 6.07) is 13.2. The molecule has 0 fully saturated rings. The molecule has 3 rings (SSSR count). The number of aliphatic hydroxyl groups excluding tert-OH is 1. The smallest absolute Gasteiger partial charge is 0.252 e. The fraction of sp³-hybridized carbons (Fsp3) is 0.562. The Hall–Kier alpha value is -3.03. The van der Waals surface area contributed by atoms with Gasteiger partial charge in [0.2, 0.25) is 15.9 Å². The molecule has 0 bridgehead atoms. The highest BCUT2D eigenvalue weighted by molar-refractivity contribution is 7.89. The molecule has 0 unspecified atom stereocenters.